The van der Waals surface area contributed by atoms with Crippen molar-refractivity contribution in [3.8, 4) is 57.1 Å². The zero-order valence-corrected chi connectivity index (χ0v) is 24.8. The number of aromatic nitrogens is 2. The molecular formula is C30H36N4O8. The van der Waals surface area contributed by atoms with E-state index in [0.717, 1.165) is 48.7 Å². The molecule has 2 aromatic heterocycles. The molecule has 0 bridgehead atoms. The van der Waals surface area contributed by atoms with Gasteiger partial charge in [0, 0.05) is 62.5 Å². The third-order valence-corrected chi connectivity index (χ3v) is 7.25. The van der Waals surface area contributed by atoms with Crippen molar-refractivity contribution in [1.29, 1.82) is 0 Å². The van der Waals surface area contributed by atoms with Crippen LogP contribution in [-0.4, -0.2) is 89.0 Å². The molecule has 1 fully saturated rings. The lowest BCUT2D eigenvalue weighted by Crippen LogP contribution is -2.45. The van der Waals surface area contributed by atoms with E-state index in [1.165, 1.54) is 0 Å². The fraction of sp³-hybridized carbons (Fsp3) is 0.400. The number of rotatable bonds is 12. The number of piperazine rings is 1. The molecule has 42 heavy (non-hydrogen) atoms. The summed E-state index contributed by atoms with van der Waals surface area (Å²) >= 11 is 0. The molecule has 0 radical (unpaired) electrons. The highest BCUT2D eigenvalue weighted by Gasteiger charge is 2.22. The molecule has 224 valence electrons. The van der Waals surface area contributed by atoms with Gasteiger partial charge in [-0.25, -0.2) is 0 Å². The van der Waals surface area contributed by atoms with Gasteiger partial charge in [-0.3, -0.25) is 9.80 Å². The molecule has 12 heteroatoms. The van der Waals surface area contributed by atoms with Crippen molar-refractivity contribution in [1.82, 2.24) is 20.1 Å². The van der Waals surface area contributed by atoms with Crippen LogP contribution >= 0.6 is 0 Å². The van der Waals surface area contributed by atoms with E-state index in [0.29, 0.717) is 59.1 Å². The van der Waals surface area contributed by atoms with Crippen LogP contribution < -0.4 is 28.4 Å². The van der Waals surface area contributed by atoms with Crippen LogP contribution in [0.5, 0.6) is 34.5 Å². The number of nitrogens with zero attached hydrogens (tertiary/aromatic N) is 4. The summed E-state index contributed by atoms with van der Waals surface area (Å²) in [5, 5.41) is 8.61. The van der Waals surface area contributed by atoms with Gasteiger partial charge in [0.1, 0.15) is 0 Å². The zero-order valence-electron chi connectivity index (χ0n) is 24.8. The minimum Gasteiger partial charge on any atom is -0.493 e. The highest BCUT2D eigenvalue weighted by molar-refractivity contribution is 5.68. The minimum atomic E-state index is 0.532. The first kappa shape index (κ1) is 29.1. The maximum absolute atomic E-state index is 5.67. The Morgan fingerprint density at radius 2 is 0.857 bits per heavy atom. The van der Waals surface area contributed by atoms with Crippen molar-refractivity contribution < 1.29 is 37.5 Å². The average Bonchev–Trinajstić information content (AvgIpc) is 3.70. The molecule has 12 nitrogen and oxygen atoms in total. The third-order valence-electron chi connectivity index (χ3n) is 7.25. The Morgan fingerprint density at radius 1 is 0.524 bits per heavy atom. The van der Waals surface area contributed by atoms with E-state index in [4.69, 9.17) is 37.5 Å². The lowest BCUT2D eigenvalue weighted by atomic mass is 10.1. The monoisotopic (exact) mass is 580 g/mol. The number of methoxy groups -OCH3 is 6. The summed E-state index contributed by atoms with van der Waals surface area (Å²) < 4.78 is 44.0. The van der Waals surface area contributed by atoms with Crippen LogP contribution in [0.3, 0.4) is 0 Å². The molecule has 1 aliphatic rings. The highest BCUT2D eigenvalue weighted by Crippen LogP contribution is 2.42. The smallest absolute Gasteiger partial charge is 0.203 e. The molecule has 0 atom stereocenters. The molecule has 2 aromatic carbocycles. The lowest BCUT2D eigenvalue weighted by Gasteiger charge is -2.33. The summed E-state index contributed by atoms with van der Waals surface area (Å²) in [4.78, 5) is 4.72. The molecule has 0 unspecified atom stereocenters. The molecule has 5 rings (SSSR count). The molecular weight excluding hydrogens is 544 g/mol. The summed E-state index contributed by atoms with van der Waals surface area (Å²) in [6, 6.07) is 11.3. The second kappa shape index (κ2) is 13.0. The first-order chi connectivity index (χ1) is 20.5. The van der Waals surface area contributed by atoms with E-state index in [1.54, 1.807) is 42.7 Å². The Labute approximate surface area is 244 Å². The van der Waals surface area contributed by atoms with Crippen LogP contribution in [0, 0.1) is 0 Å². The van der Waals surface area contributed by atoms with E-state index in [1.807, 2.05) is 36.4 Å². The summed E-state index contributed by atoms with van der Waals surface area (Å²) in [6.45, 7) is 4.95. The van der Waals surface area contributed by atoms with Crippen LogP contribution in [0.2, 0.25) is 0 Å². The molecule has 1 aliphatic heterocycles. The molecule has 0 spiro atoms. The van der Waals surface area contributed by atoms with Crippen molar-refractivity contribution >= 4 is 0 Å². The van der Waals surface area contributed by atoms with Crippen molar-refractivity contribution in [2.24, 2.45) is 0 Å². The predicted molar refractivity (Wildman–Crippen MR) is 154 cm³/mol. The Bertz CT molecular complexity index is 1330. The Morgan fingerprint density at radius 3 is 1.14 bits per heavy atom. The fourth-order valence-corrected chi connectivity index (χ4v) is 5.06. The van der Waals surface area contributed by atoms with E-state index in [-0.39, 0.29) is 0 Å². The van der Waals surface area contributed by atoms with Crippen molar-refractivity contribution in [3.05, 3.63) is 47.8 Å². The topological polar surface area (TPSA) is 114 Å². The van der Waals surface area contributed by atoms with Gasteiger partial charge in [0.15, 0.2) is 34.5 Å². The molecule has 3 heterocycles. The van der Waals surface area contributed by atoms with E-state index in [9.17, 15) is 0 Å². The van der Waals surface area contributed by atoms with Gasteiger partial charge in [-0.05, 0) is 24.3 Å². The molecule has 0 amide bonds. The van der Waals surface area contributed by atoms with Gasteiger partial charge in [-0.15, -0.1) is 0 Å². The number of ether oxygens (including phenoxy) is 6. The van der Waals surface area contributed by atoms with Gasteiger partial charge in [-0.1, -0.05) is 10.3 Å². The summed E-state index contributed by atoms with van der Waals surface area (Å²) in [5.74, 6) is 4.57. The van der Waals surface area contributed by atoms with E-state index in [2.05, 4.69) is 20.1 Å². The first-order valence-electron chi connectivity index (χ1n) is 13.5. The molecule has 0 saturated carbocycles. The van der Waals surface area contributed by atoms with Gasteiger partial charge in [-0.2, -0.15) is 0 Å². The largest absolute Gasteiger partial charge is 0.493 e. The maximum Gasteiger partial charge on any atom is 0.203 e. The van der Waals surface area contributed by atoms with Crippen LogP contribution in [0.4, 0.5) is 0 Å². The molecule has 1 saturated heterocycles. The van der Waals surface area contributed by atoms with Crippen LogP contribution in [-0.2, 0) is 13.1 Å². The van der Waals surface area contributed by atoms with Crippen LogP contribution in [0.25, 0.3) is 22.6 Å². The third kappa shape index (κ3) is 6.09. The van der Waals surface area contributed by atoms with Gasteiger partial charge < -0.3 is 37.5 Å². The van der Waals surface area contributed by atoms with Crippen molar-refractivity contribution in [3.63, 3.8) is 0 Å². The van der Waals surface area contributed by atoms with Gasteiger partial charge in [0.25, 0.3) is 0 Å². The van der Waals surface area contributed by atoms with Gasteiger partial charge >= 0.3 is 0 Å². The normalized spacial score (nSPS) is 14.0. The molecule has 0 aliphatic carbocycles. The van der Waals surface area contributed by atoms with Gasteiger partial charge in [0.2, 0.25) is 11.5 Å². The molecule has 4 aromatic rings. The van der Waals surface area contributed by atoms with Crippen molar-refractivity contribution in [2.45, 2.75) is 13.1 Å². The predicted octanol–water partition coefficient (Wildman–Crippen LogP) is 4.37. The quantitative estimate of drug-likeness (QED) is 0.237. The second-order valence-corrected chi connectivity index (χ2v) is 9.75. The fourth-order valence-electron chi connectivity index (χ4n) is 5.06. The zero-order chi connectivity index (χ0) is 29.6. The summed E-state index contributed by atoms with van der Waals surface area (Å²) in [7, 11) is 9.50. The molecule has 0 N–H and O–H groups in total. The number of hydrogen-bond acceptors (Lipinski definition) is 12. The summed E-state index contributed by atoms with van der Waals surface area (Å²) in [5.41, 5.74) is 3.32. The second-order valence-electron chi connectivity index (χ2n) is 9.75. The first-order valence-corrected chi connectivity index (χ1v) is 13.5. The van der Waals surface area contributed by atoms with Crippen molar-refractivity contribution in [2.75, 3.05) is 68.8 Å². The highest BCUT2D eigenvalue weighted by atomic mass is 16.5. The van der Waals surface area contributed by atoms with Crippen LogP contribution in [0.1, 0.15) is 11.4 Å². The average molecular weight is 581 g/mol. The number of benzene rings is 2. The Kier molecular flexibility index (Phi) is 9.03. The lowest BCUT2D eigenvalue weighted by molar-refractivity contribution is 0.118. The van der Waals surface area contributed by atoms with E-state index >= 15 is 0 Å². The minimum absolute atomic E-state index is 0.532. The Hall–Kier alpha value is -4.42. The van der Waals surface area contributed by atoms with Gasteiger partial charge in [0.05, 0.1) is 54.0 Å². The maximum atomic E-state index is 5.67. The van der Waals surface area contributed by atoms with E-state index < -0.39 is 0 Å². The Balaban J connectivity index is 1.18. The summed E-state index contributed by atoms with van der Waals surface area (Å²) in [6.07, 6.45) is 0. The van der Waals surface area contributed by atoms with Crippen LogP contribution in [0.15, 0.2) is 45.4 Å². The standard InChI is InChI=1S/C30H36N4O8/c1-35-25-11-19(12-26(36-2)29(25)39-5)23-15-21(31-41-23)17-33-7-9-34(10-8-33)18-22-16-24(42-32-22)20-13-27(37-3)30(40-6)28(14-20)38-4/h11-16H,7-10,17-18H2,1-6H3. The number of hydrogen-bond donors (Lipinski definition) is 0. The SMILES string of the molecule is COc1cc(-c2cc(CN3CCN(Cc4cc(-c5cc(OC)c(OC)c(OC)c5)on4)CC3)no2)cc(OC)c1OC.